The van der Waals surface area contributed by atoms with Crippen molar-refractivity contribution >= 4 is 5.90 Å². The summed E-state index contributed by atoms with van der Waals surface area (Å²) in [7, 11) is 0. The van der Waals surface area contributed by atoms with Crippen LogP contribution in [0.25, 0.3) is 0 Å². The van der Waals surface area contributed by atoms with Gasteiger partial charge in [-0.15, -0.1) is 0 Å². The molecule has 3 heteroatoms. The summed E-state index contributed by atoms with van der Waals surface area (Å²) in [6, 6.07) is 0. The topological polar surface area (TPSA) is 52.8 Å². The second-order valence-corrected chi connectivity index (χ2v) is 0.973. The van der Waals surface area contributed by atoms with Crippen LogP contribution < -0.4 is 0 Å². The van der Waals surface area contributed by atoms with Gasteiger partial charge in [-0.1, -0.05) is 0 Å². The van der Waals surface area contributed by atoms with E-state index in [-0.39, 0.29) is 11.8 Å². The zero-order valence-electron chi connectivity index (χ0n) is 2.92. The smallest absolute Gasteiger partial charge is 0.219 e. The van der Waals surface area contributed by atoms with Crippen LogP contribution in [0.5, 0.6) is 0 Å². The van der Waals surface area contributed by atoms with Crippen LogP contribution in [-0.4, -0.2) is 16.1 Å². The fourth-order valence-electron chi connectivity index (χ4n) is 0.231. The third-order valence-electron chi connectivity index (χ3n) is 0.487. The number of rotatable bonds is 0. The third kappa shape index (κ3) is 0.247. The third-order valence-corrected chi connectivity index (χ3v) is 0.487. The van der Waals surface area contributed by atoms with E-state index in [1.807, 2.05) is 0 Å². The number of aliphatic imine (C=N–C) groups is 1. The van der Waals surface area contributed by atoms with Gasteiger partial charge in [0.15, 0.2) is 0 Å². The van der Waals surface area contributed by atoms with E-state index in [2.05, 4.69) is 4.99 Å². The molecule has 0 fully saturated rings. The predicted octanol–water partition coefficient (Wildman–Crippen LogP) is 0.356. The molecular weight excluding hydrogens is 82.0 g/mol. The molecule has 3 nitrogen and oxygen atoms in total. The molecule has 1 aliphatic heterocycles. The molecule has 0 aromatic carbocycles. The minimum Gasteiger partial charge on any atom is -0.493 e. The summed E-state index contributed by atoms with van der Waals surface area (Å²) in [4.78, 5) is 3.11. The summed E-state index contributed by atoms with van der Waals surface area (Å²) >= 11 is 0. The average molecular weight is 85.1 g/mol. The van der Waals surface area contributed by atoms with E-state index in [1.54, 1.807) is 0 Å². The lowest BCUT2D eigenvalue weighted by atomic mass is 10.5. The first-order valence-corrected chi connectivity index (χ1v) is 1.47. The summed E-state index contributed by atoms with van der Waals surface area (Å²) in [6.07, 6.45) is 1.17. The molecule has 0 saturated carbocycles. The Morgan fingerprint density at radius 1 is 1.50 bits per heavy atom. The Balaban J connectivity index is 2.57. The van der Waals surface area contributed by atoms with Crippen molar-refractivity contribution in [1.29, 1.82) is 0 Å². The van der Waals surface area contributed by atoms with Gasteiger partial charge in [0.05, 0.1) is 6.08 Å². The van der Waals surface area contributed by atoms with Crippen LogP contribution >= 0.6 is 0 Å². The maximum Gasteiger partial charge on any atom is 0.219 e. The van der Waals surface area contributed by atoms with Crippen LogP contribution in [0.15, 0.2) is 17.0 Å². The molecule has 0 bridgehead atoms. The van der Waals surface area contributed by atoms with Crippen molar-refractivity contribution in [3.05, 3.63) is 12.0 Å². The quantitative estimate of drug-likeness (QED) is 0.446. The van der Waals surface area contributed by atoms with Gasteiger partial charge >= 0.3 is 0 Å². The van der Waals surface area contributed by atoms with E-state index in [0.29, 0.717) is 0 Å². The van der Waals surface area contributed by atoms with Crippen LogP contribution in [0.4, 0.5) is 0 Å². The molecule has 6 heavy (non-hydrogen) atoms. The molecule has 0 aromatic rings. The van der Waals surface area contributed by atoms with E-state index in [0.717, 1.165) is 0 Å². The fourth-order valence-corrected chi connectivity index (χ4v) is 0.231. The highest BCUT2D eigenvalue weighted by Crippen LogP contribution is 2.00. The van der Waals surface area contributed by atoms with Crippen molar-refractivity contribution in [2.75, 3.05) is 0 Å². The standard InChI is InChI=1S/C3H3NO2/c5-2-1-3(6)4-2/h1H,(H2,4,5,6). The van der Waals surface area contributed by atoms with E-state index >= 15 is 0 Å². The number of hydrogen-bond donors (Lipinski definition) is 2. The van der Waals surface area contributed by atoms with Gasteiger partial charge in [0.2, 0.25) is 11.8 Å². The number of hydrogen-bond acceptors (Lipinski definition) is 2. The van der Waals surface area contributed by atoms with Crippen molar-refractivity contribution in [2.24, 2.45) is 4.99 Å². The monoisotopic (exact) mass is 85.0 g/mol. The van der Waals surface area contributed by atoms with Gasteiger partial charge in [0.25, 0.3) is 0 Å². The maximum atomic E-state index is 8.13. The Bertz CT molecular complexity index is 103. The lowest BCUT2D eigenvalue weighted by Crippen LogP contribution is -2.01. The molecule has 32 valence electrons. The average Bonchev–Trinajstić information content (AvgIpc) is 1.33. The highest BCUT2D eigenvalue weighted by atomic mass is 16.3. The summed E-state index contributed by atoms with van der Waals surface area (Å²) < 4.78 is 0. The first-order chi connectivity index (χ1) is 2.79. The second kappa shape index (κ2) is 0.739. The number of nitrogens with zero attached hydrogens (tertiary/aromatic N) is 1. The highest BCUT2D eigenvalue weighted by Gasteiger charge is 2.02. The largest absolute Gasteiger partial charge is 0.493 e. The van der Waals surface area contributed by atoms with Crippen molar-refractivity contribution in [1.82, 2.24) is 0 Å². The Morgan fingerprint density at radius 2 is 2.00 bits per heavy atom. The minimum atomic E-state index is -0.104. The lowest BCUT2D eigenvalue weighted by molar-refractivity contribution is 0.388. The summed E-state index contributed by atoms with van der Waals surface area (Å²) in [5.74, 6) is -0.208. The van der Waals surface area contributed by atoms with E-state index in [1.165, 1.54) is 6.08 Å². The normalized spacial score (nSPS) is 18.0. The molecule has 0 aliphatic carbocycles. The summed E-state index contributed by atoms with van der Waals surface area (Å²) in [5.41, 5.74) is 0. The summed E-state index contributed by atoms with van der Waals surface area (Å²) in [5, 5.41) is 16.3. The van der Waals surface area contributed by atoms with Crippen molar-refractivity contribution in [3.63, 3.8) is 0 Å². The molecule has 0 aromatic heterocycles. The van der Waals surface area contributed by atoms with Crippen LogP contribution in [0, 0.1) is 0 Å². The molecular formula is C3H3NO2. The molecule has 0 unspecified atom stereocenters. The SMILES string of the molecule is OC1=CC(O)=N1. The maximum absolute atomic E-state index is 8.13. The Kier molecular flexibility index (Phi) is 0.395. The van der Waals surface area contributed by atoms with Gasteiger partial charge in [-0.3, -0.25) is 0 Å². The zero-order valence-corrected chi connectivity index (χ0v) is 2.92. The van der Waals surface area contributed by atoms with Gasteiger partial charge in [0.1, 0.15) is 0 Å². The molecule has 1 aliphatic rings. The van der Waals surface area contributed by atoms with Crippen molar-refractivity contribution in [2.45, 2.75) is 0 Å². The van der Waals surface area contributed by atoms with Gasteiger partial charge in [0, 0.05) is 0 Å². The van der Waals surface area contributed by atoms with Gasteiger partial charge in [-0.25, -0.2) is 0 Å². The second-order valence-electron chi connectivity index (χ2n) is 0.973. The predicted molar refractivity (Wildman–Crippen MR) is 20.8 cm³/mol. The van der Waals surface area contributed by atoms with Crippen LogP contribution in [-0.2, 0) is 0 Å². The van der Waals surface area contributed by atoms with Gasteiger partial charge in [-0.05, 0) is 0 Å². The van der Waals surface area contributed by atoms with E-state index < -0.39 is 0 Å². The molecule has 0 amide bonds. The Morgan fingerprint density at radius 3 is 2.00 bits per heavy atom. The molecule has 0 saturated heterocycles. The van der Waals surface area contributed by atoms with E-state index in [9.17, 15) is 0 Å². The van der Waals surface area contributed by atoms with Gasteiger partial charge in [-0.2, -0.15) is 4.99 Å². The molecule has 0 radical (unpaired) electrons. The lowest BCUT2D eigenvalue weighted by Gasteiger charge is -1.98. The first-order valence-electron chi connectivity index (χ1n) is 1.47. The van der Waals surface area contributed by atoms with Crippen LogP contribution in [0.1, 0.15) is 0 Å². The fraction of sp³-hybridized carbons (Fsp3) is 0. The van der Waals surface area contributed by atoms with Gasteiger partial charge < -0.3 is 10.2 Å². The molecule has 0 spiro atoms. The van der Waals surface area contributed by atoms with Crippen LogP contribution in [0.3, 0.4) is 0 Å². The molecule has 2 N–H and O–H groups in total. The zero-order chi connectivity index (χ0) is 4.57. The minimum absolute atomic E-state index is 0.104. The highest BCUT2D eigenvalue weighted by molar-refractivity contribution is 5.91. The molecule has 1 heterocycles. The van der Waals surface area contributed by atoms with Crippen molar-refractivity contribution in [3.8, 4) is 0 Å². The molecule has 1 rings (SSSR count). The van der Waals surface area contributed by atoms with E-state index in [4.69, 9.17) is 10.2 Å². The van der Waals surface area contributed by atoms with Crippen molar-refractivity contribution < 1.29 is 10.2 Å². The Hall–Kier alpha value is -0.990. The Labute approximate surface area is 34.3 Å². The number of aliphatic hydroxyl groups excluding tert-OH is 2. The summed E-state index contributed by atoms with van der Waals surface area (Å²) in [6.45, 7) is 0. The van der Waals surface area contributed by atoms with Crippen LogP contribution in [0.2, 0.25) is 0 Å². The number of aliphatic hydroxyl groups is 2. The molecule has 0 atom stereocenters. The first kappa shape index (κ1) is 3.21.